The van der Waals surface area contributed by atoms with Crippen LogP contribution in [0.25, 0.3) is 0 Å². The van der Waals surface area contributed by atoms with Crippen molar-refractivity contribution in [3.05, 3.63) is 0 Å². The van der Waals surface area contributed by atoms with Gasteiger partial charge in [-0.3, -0.25) is 0 Å². The Morgan fingerprint density at radius 1 is 1.30 bits per heavy atom. The van der Waals surface area contributed by atoms with Gasteiger partial charge in [-0.25, -0.2) is 0 Å². The Morgan fingerprint density at radius 3 is 2.80 bits per heavy atom. The van der Waals surface area contributed by atoms with Crippen molar-refractivity contribution in [2.75, 3.05) is 63.0 Å². The van der Waals surface area contributed by atoms with Gasteiger partial charge in [-0.15, -0.1) is 0 Å². The molecule has 1 aliphatic heterocycles. The molecule has 20 heavy (non-hydrogen) atoms. The summed E-state index contributed by atoms with van der Waals surface area (Å²) in [6.07, 6.45) is 0.981. The minimum atomic E-state index is 0.607. The number of aromatic nitrogens is 3. The Kier molecular flexibility index (Phi) is 6.28. The normalized spacial score (nSPS) is 15.4. The lowest BCUT2D eigenvalue weighted by Crippen LogP contribution is -2.37. The van der Waals surface area contributed by atoms with Gasteiger partial charge in [0.05, 0.1) is 13.2 Å². The van der Waals surface area contributed by atoms with E-state index in [1.165, 1.54) is 0 Å². The number of ether oxygens (including phenoxy) is 2. The molecule has 7 nitrogen and oxygen atoms in total. The van der Waals surface area contributed by atoms with Gasteiger partial charge in [-0.2, -0.15) is 15.0 Å². The molecule has 0 radical (unpaired) electrons. The van der Waals surface area contributed by atoms with Crippen LogP contribution in [0.4, 0.5) is 11.9 Å². The fraction of sp³-hybridized carbons (Fsp3) is 0.750. The van der Waals surface area contributed by atoms with Crippen LogP contribution >= 0.6 is 11.8 Å². The Morgan fingerprint density at radius 2 is 2.10 bits per heavy atom. The molecule has 1 aliphatic rings. The summed E-state index contributed by atoms with van der Waals surface area (Å²) in [5.41, 5.74) is 0. The molecule has 1 aromatic heterocycles. The minimum absolute atomic E-state index is 0.607. The fourth-order valence-electron chi connectivity index (χ4n) is 1.79. The highest BCUT2D eigenvalue weighted by molar-refractivity contribution is 7.99. The largest absolute Gasteiger partial charge is 0.385 e. The van der Waals surface area contributed by atoms with E-state index in [0.717, 1.165) is 56.2 Å². The van der Waals surface area contributed by atoms with Gasteiger partial charge in [0, 0.05) is 39.6 Å². The fourth-order valence-corrected chi connectivity index (χ4v) is 2.54. The maximum absolute atomic E-state index is 5.35. The second-order valence-corrected chi connectivity index (χ2v) is 5.35. The molecular weight excluding hydrogens is 278 g/mol. The number of thioether (sulfide) groups is 1. The highest BCUT2D eigenvalue weighted by atomic mass is 32.2. The lowest BCUT2D eigenvalue weighted by Gasteiger charge is -2.26. The lowest BCUT2D eigenvalue weighted by atomic mass is 10.4. The number of hydrogen-bond acceptors (Lipinski definition) is 8. The van der Waals surface area contributed by atoms with Crippen molar-refractivity contribution < 1.29 is 9.47 Å². The molecule has 112 valence electrons. The van der Waals surface area contributed by atoms with Crippen LogP contribution in [0.1, 0.15) is 6.42 Å². The van der Waals surface area contributed by atoms with Crippen LogP contribution in [-0.2, 0) is 9.47 Å². The maximum Gasteiger partial charge on any atom is 0.231 e. The zero-order valence-electron chi connectivity index (χ0n) is 12.0. The Bertz CT molecular complexity index is 415. The molecule has 0 unspecified atom stereocenters. The van der Waals surface area contributed by atoms with Gasteiger partial charge in [0.2, 0.25) is 11.9 Å². The first-order chi connectivity index (χ1) is 9.83. The lowest BCUT2D eigenvalue weighted by molar-refractivity contribution is 0.122. The Hall–Kier alpha value is -1.12. The van der Waals surface area contributed by atoms with Crippen molar-refractivity contribution in [2.45, 2.75) is 11.6 Å². The Balaban J connectivity index is 2.03. The second-order valence-electron chi connectivity index (χ2n) is 4.29. The van der Waals surface area contributed by atoms with Crippen molar-refractivity contribution >= 4 is 23.7 Å². The molecular formula is C12H21N5O2S. The predicted octanol–water partition coefficient (Wildman–Crippen LogP) is 0.878. The van der Waals surface area contributed by atoms with Gasteiger partial charge < -0.3 is 19.7 Å². The van der Waals surface area contributed by atoms with Gasteiger partial charge >= 0.3 is 0 Å². The van der Waals surface area contributed by atoms with Gasteiger partial charge in [-0.1, -0.05) is 11.8 Å². The quantitative estimate of drug-likeness (QED) is 0.587. The Labute approximate surface area is 123 Å². The van der Waals surface area contributed by atoms with E-state index in [9.17, 15) is 0 Å². The zero-order chi connectivity index (χ0) is 14.2. The molecule has 1 saturated heterocycles. The van der Waals surface area contributed by atoms with E-state index in [-0.39, 0.29) is 0 Å². The number of hydrogen-bond donors (Lipinski definition) is 1. The molecule has 2 heterocycles. The summed E-state index contributed by atoms with van der Waals surface area (Å²) in [4.78, 5) is 15.5. The molecule has 8 heteroatoms. The van der Waals surface area contributed by atoms with Crippen LogP contribution in [0.3, 0.4) is 0 Å². The smallest absolute Gasteiger partial charge is 0.231 e. The first-order valence-electron chi connectivity index (χ1n) is 6.71. The molecule has 0 saturated carbocycles. The monoisotopic (exact) mass is 299 g/mol. The number of morpholine rings is 1. The number of rotatable bonds is 7. The summed E-state index contributed by atoms with van der Waals surface area (Å²) in [7, 11) is 3.53. The standard InChI is InChI=1S/C12H21N5O2S/c1-13-10-14-11(17-4-7-19-8-5-17)16-12(15-10)20-9-3-6-18-2/h3-9H2,1-2H3,(H,13,14,15,16). The van der Waals surface area contributed by atoms with Gasteiger partial charge in [0.1, 0.15) is 0 Å². The topological polar surface area (TPSA) is 72.4 Å². The third-order valence-electron chi connectivity index (χ3n) is 2.84. The average Bonchev–Trinajstić information content (AvgIpc) is 2.52. The second kappa shape index (κ2) is 8.23. The molecule has 0 bridgehead atoms. The molecule has 0 spiro atoms. The maximum atomic E-state index is 5.35. The molecule has 1 fully saturated rings. The minimum Gasteiger partial charge on any atom is -0.385 e. The number of anilines is 2. The van der Waals surface area contributed by atoms with E-state index in [1.807, 2.05) is 7.05 Å². The summed E-state index contributed by atoms with van der Waals surface area (Å²) in [5, 5.41) is 3.74. The number of methoxy groups -OCH3 is 1. The SMILES string of the molecule is CNc1nc(SCCCOC)nc(N2CCOCC2)n1. The number of nitrogens with zero attached hydrogens (tertiary/aromatic N) is 4. The summed E-state index contributed by atoms with van der Waals surface area (Å²) in [6.45, 7) is 3.84. The van der Waals surface area contributed by atoms with Crippen LogP contribution in [0, 0.1) is 0 Å². The van der Waals surface area contributed by atoms with E-state index < -0.39 is 0 Å². The molecule has 0 amide bonds. The van der Waals surface area contributed by atoms with Crippen LogP contribution in [0.15, 0.2) is 5.16 Å². The first-order valence-corrected chi connectivity index (χ1v) is 7.70. The van der Waals surface area contributed by atoms with E-state index in [0.29, 0.717) is 5.95 Å². The summed E-state index contributed by atoms with van der Waals surface area (Å²) in [5.74, 6) is 2.27. The molecule has 2 rings (SSSR count). The highest BCUT2D eigenvalue weighted by Gasteiger charge is 2.16. The van der Waals surface area contributed by atoms with Crippen molar-refractivity contribution in [3.8, 4) is 0 Å². The summed E-state index contributed by atoms with van der Waals surface area (Å²) in [6, 6.07) is 0. The van der Waals surface area contributed by atoms with Crippen LogP contribution in [0.5, 0.6) is 0 Å². The predicted molar refractivity (Wildman–Crippen MR) is 79.6 cm³/mol. The van der Waals surface area contributed by atoms with Crippen molar-refractivity contribution in [2.24, 2.45) is 0 Å². The molecule has 0 aliphatic carbocycles. The van der Waals surface area contributed by atoms with Crippen LogP contribution in [0.2, 0.25) is 0 Å². The van der Waals surface area contributed by atoms with Crippen molar-refractivity contribution in [3.63, 3.8) is 0 Å². The van der Waals surface area contributed by atoms with Crippen molar-refractivity contribution in [1.29, 1.82) is 0 Å². The molecule has 1 N–H and O–H groups in total. The van der Waals surface area contributed by atoms with Crippen LogP contribution in [-0.4, -0.2) is 67.8 Å². The van der Waals surface area contributed by atoms with Gasteiger partial charge in [0.15, 0.2) is 5.16 Å². The molecule has 0 aromatic carbocycles. The van der Waals surface area contributed by atoms with E-state index in [1.54, 1.807) is 18.9 Å². The van der Waals surface area contributed by atoms with E-state index >= 15 is 0 Å². The highest BCUT2D eigenvalue weighted by Crippen LogP contribution is 2.19. The third kappa shape index (κ3) is 4.46. The summed E-state index contributed by atoms with van der Waals surface area (Å²) < 4.78 is 10.4. The summed E-state index contributed by atoms with van der Waals surface area (Å²) >= 11 is 1.63. The van der Waals surface area contributed by atoms with E-state index in [4.69, 9.17) is 9.47 Å². The van der Waals surface area contributed by atoms with Gasteiger partial charge in [0.25, 0.3) is 0 Å². The number of nitrogens with one attached hydrogen (secondary N) is 1. The first kappa shape index (κ1) is 15.3. The zero-order valence-corrected chi connectivity index (χ0v) is 12.8. The van der Waals surface area contributed by atoms with Gasteiger partial charge in [-0.05, 0) is 6.42 Å². The van der Waals surface area contributed by atoms with Crippen LogP contribution < -0.4 is 10.2 Å². The molecule has 1 aromatic rings. The average molecular weight is 299 g/mol. The van der Waals surface area contributed by atoms with E-state index in [2.05, 4.69) is 25.2 Å². The van der Waals surface area contributed by atoms with Crippen molar-refractivity contribution in [1.82, 2.24) is 15.0 Å². The third-order valence-corrected chi connectivity index (χ3v) is 3.78. The molecule has 0 atom stereocenters.